The smallest absolute Gasteiger partial charge is 0.262 e. The average molecular weight is 420 g/mol. The lowest BCUT2D eigenvalue weighted by atomic mass is 10.2. The molecule has 3 aromatic rings. The van der Waals surface area contributed by atoms with Crippen LogP contribution in [0.25, 0.3) is 0 Å². The Balaban J connectivity index is 1.54. The molecule has 0 radical (unpaired) electrons. The monoisotopic (exact) mass is 420 g/mol. The van der Waals surface area contributed by atoms with Gasteiger partial charge in [-0.15, -0.1) is 0 Å². The molecule has 0 saturated carbocycles. The summed E-state index contributed by atoms with van der Waals surface area (Å²) in [6, 6.07) is 21.0. The van der Waals surface area contributed by atoms with Crippen molar-refractivity contribution < 1.29 is 23.8 Å². The van der Waals surface area contributed by atoms with E-state index in [9.17, 15) is 9.59 Å². The van der Waals surface area contributed by atoms with Crippen molar-refractivity contribution in [1.29, 1.82) is 0 Å². The molecule has 2 N–H and O–H groups in total. The van der Waals surface area contributed by atoms with Crippen molar-refractivity contribution in [1.82, 2.24) is 0 Å². The van der Waals surface area contributed by atoms with Crippen LogP contribution in [-0.4, -0.2) is 32.1 Å². The molecular formula is C24H24N2O5. The van der Waals surface area contributed by atoms with Crippen LogP contribution in [0.15, 0.2) is 72.8 Å². The molecule has 0 aliphatic heterocycles. The van der Waals surface area contributed by atoms with E-state index in [1.807, 2.05) is 19.1 Å². The highest BCUT2D eigenvalue weighted by atomic mass is 16.5. The first-order valence-corrected chi connectivity index (χ1v) is 9.79. The van der Waals surface area contributed by atoms with Crippen molar-refractivity contribution in [2.45, 2.75) is 6.92 Å². The third-order valence-corrected chi connectivity index (χ3v) is 4.29. The number of benzene rings is 3. The summed E-state index contributed by atoms with van der Waals surface area (Å²) < 4.78 is 16.2. The summed E-state index contributed by atoms with van der Waals surface area (Å²) in [5.74, 6) is 1.02. The number of ether oxygens (including phenoxy) is 3. The molecule has 0 atom stereocenters. The van der Waals surface area contributed by atoms with E-state index >= 15 is 0 Å². The van der Waals surface area contributed by atoms with Crippen LogP contribution in [0.2, 0.25) is 0 Å². The van der Waals surface area contributed by atoms with Gasteiger partial charge in [0, 0.05) is 5.69 Å². The molecule has 0 aliphatic carbocycles. The fourth-order valence-corrected chi connectivity index (χ4v) is 2.85. The Morgan fingerprint density at radius 2 is 1.48 bits per heavy atom. The lowest BCUT2D eigenvalue weighted by Crippen LogP contribution is -2.20. The predicted octanol–water partition coefficient (Wildman–Crippen LogP) is 4.36. The second-order valence-corrected chi connectivity index (χ2v) is 6.44. The van der Waals surface area contributed by atoms with Crippen molar-refractivity contribution in [3.63, 3.8) is 0 Å². The number of methoxy groups -OCH3 is 1. The first-order chi connectivity index (χ1) is 15.1. The van der Waals surface area contributed by atoms with Crippen LogP contribution in [0.1, 0.15) is 17.3 Å². The Kier molecular flexibility index (Phi) is 7.48. The average Bonchev–Trinajstić information content (AvgIpc) is 2.80. The molecule has 3 aromatic carbocycles. The summed E-state index contributed by atoms with van der Waals surface area (Å²) in [5.41, 5.74) is 1.63. The maximum absolute atomic E-state index is 12.5. The van der Waals surface area contributed by atoms with Gasteiger partial charge in [0.1, 0.15) is 17.2 Å². The molecule has 7 heteroatoms. The molecule has 0 fully saturated rings. The van der Waals surface area contributed by atoms with Gasteiger partial charge in [0.25, 0.3) is 11.8 Å². The van der Waals surface area contributed by atoms with Gasteiger partial charge in [-0.1, -0.05) is 24.3 Å². The summed E-state index contributed by atoms with van der Waals surface area (Å²) >= 11 is 0. The van der Waals surface area contributed by atoms with Crippen LogP contribution in [0.5, 0.6) is 17.2 Å². The van der Waals surface area contributed by atoms with Crippen LogP contribution in [0, 0.1) is 0 Å². The van der Waals surface area contributed by atoms with Gasteiger partial charge < -0.3 is 24.8 Å². The van der Waals surface area contributed by atoms with Gasteiger partial charge in [0.05, 0.1) is 25.0 Å². The highest BCUT2D eigenvalue weighted by molar-refractivity contribution is 6.06. The molecule has 0 saturated heterocycles. The molecule has 31 heavy (non-hydrogen) atoms. The van der Waals surface area contributed by atoms with Crippen LogP contribution in [0.4, 0.5) is 11.4 Å². The van der Waals surface area contributed by atoms with E-state index in [0.717, 1.165) is 0 Å². The number of anilines is 2. The van der Waals surface area contributed by atoms with Gasteiger partial charge in [-0.05, 0) is 55.5 Å². The molecule has 0 aromatic heterocycles. The summed E-state index contributed by atoms with van der Waals surface area (Å²) in [4.78, 5) is 24.7. The van der Waals surface area contributed by atoms with E-state index in [0.29, 0.717) is 40.8 Å². The Morgan fingerprint density at radius 3 is 2.19 bits per heavy atom. The van der Waals surface area contributed by atoms with Crippen molar-refractivity contribution in [2.75, 3.05) is 31.0 Å². The van der Waals surface area contributed by atoms with Crippen molar-refractivity contribution >= 4 is 23.2 Å². The van der Waals surface area contributed by atoms with E-state index in [1.165, 1.54) is 7.11 Å². The third kappa shape index (κ3) is 5.99. The zero-order valence-corrected chi connectivity index (χ0v) is 17.4. The summed E-state index contributed by atoms with van der Waals surface area (Å²) in [7, 11) is 1.52. The van der Waals surface area contributed by atoms with Gasteiger partial charge in [0.2, 0.25) is 0 Å². The Morgan fingerprint density at radius 1 is 0.806 bits per heavy atom. The van der Waals surface area contributed by atoms with Crippen LogP contribution < -0.4 is 24.8 Å². The molecule has 2 amide bonds. The van der Waals surface area contributed by atoms with Crippen molar-refractivity contribution in [3.05, 3.63) is 78.4 Å². The maximum atomic E-state index is 12.5. The Labute approximate surface area is 180 Å². The fourth-order valence-electron chi connectivity index (χ4n) is 2.85. The zero-order valence-electron chi connectivity index (χ0n) is 17.4. The van der Waals surface area contributed by atoms with E-state index < -0.39 is 0 Å². The van der Waals surface area contributed by atoms with E-state index in [-0.39, 0.29) is 18.4 Å². The highest BCUT2D eigenvalue weighted by Crippen LogP contribution is 2.24. The lowest BCUT2D eigenvalue weighted by molar-refractivity contribution is -0.118. The number of amides is 2. The zero-order chi connectivity index (χ0) is 22.1. The Bertz CT molecular complexity index is 1030. The molecule has 3 rings (SSSR count). The number of carbonyl (C=O) groups is 2. The predicted molar refractivity (Wildman–Crippen MR) is 119 cm³/mol. The van der Waals surface area contributed by atoms with Crippen molar-refractivity contribution in [2.24, 2.45) is 0 Å². The molecule has 0 aliphatic rings. The van der Waals surface area contributed by atoms with Gasteiger partial charge in [0.15, 0.2) is 6.61 Å². The minimum absolute atomic E-state index is 0.159. The van der Waals surface area contributed by atoms with E-state index in [1.54, 1.807) is 60.7 Å². The number of hydrogen-bond donors (Lipinski definition) is 2. The molecule has 160 valence electrons. The van der Waals surface area contributed by atoms with Gasteiger partial charge in [-0.3, -0.25) is 9.59 Å². The van der Waals surface area contributed by atoms with Crippen LogP contribution >= 0.6 is 0 Å². The van der Waals surface area contributed by atoms with Gasteiger partial charge >= 0.3 is 0 Å². The Hall–Kier alpha value is -4.00. The quantitative estimate of drug-likeness (QED) is 0.537. The number of para-hydroxylation sites is 3. The maximum Gasteiger partial charge on any atom is 0.262 e. The second-order valence-electron chi connectivity index (χ2n) is 6.44. The molecule has 0 heterocycles. The van der Waals surface area contributed by atoms with E-state index in [4.69, 9.17) is 14.2 Å². The highest BCUT2D eigenvalue weighted by Gasteiger charge is 2.12. The topological polar surface area (TPSA) is 85.9 Å². The minimum Gasteiger partial charge on any atom is -0.496 e. The largest absolute Gasteiger partial charge is 0.496 e. The summed E-state index contributed by atoms with van der Waals surface area (Å²) in [6.45, 7) is 2.22. The number of hydrogen-bond acceptors (Lipinski definition) is 5. The van der Waals surface area contributed by atoms with Crippen LogP contribution in [0.3, 0.4) is 0 Å². The normalized spacial score (nSPS) is 10.1. The number of rotatable bonds is 9. The minimum atomic E-state index is -0.305. The van der Waals surface area contributed by atoms with Crippen molar-refractivity contribution in [3.8, 4) is 17.2 Å². The lowest BCUT2D eigenvalue weighted by Gasteiger charge is -2.12. The number of carbonyl (C=O) groups excluding carboxylic acids is 2. The molecular weight excluding hydrogens is 396 g/mol. The molecule has 7 nitrogen and oxygen atoms in total. The fraction of sp³-hybridized carbons (Fsp3) is 0.167. The van der Waals surface area contributed by atoms with Gasteiger partial charge in [-0.2, -0.15) is 0 Å². The third-order valence-electron chi connectivity index (χ3n) is 4.29. The first kappa shape index (κ1) is 21.7. The summed E-state index contributed by atoms with van der Waals surface area (Å²) in [6.07, 6.45) is 0. The molecule has 0 unspecified atom stereocenters. The van der Waals surface area contributed by atoms with E-state index in [2.05, 4.69) is 10.6 Å². The second kappa shape index (κ2) is 10.7. The summed E-state index contributed by atoms with van der Waals surface area (Å²) in [5, 5.41) is 5.58. The SMILES string of the molecule is CCOc1ccccc1NC(=O)COc1ccc(NC(=O)c2ccccc2OC)cc1. The number of nitrogens with one attached hydrogen (secondary N) is 2. The molecule has 0 spiro atoms. The van der Waals surface area contributed by atoms with Gasteiger partial charge in [-0.25, -0.2) is 0 Å². The van der Waals surface area contributed by atoms with Crippen LogP contribution in [-0.2, 0) is 4.79 Å². The first-order valence-electron chi connectivity index (χ1n) is 9.79. The molecule has 0 bridgehead atoms. The standard InChI is InChI=1S/C24H24N2O5/c1-3-30-22-11-7-5-9-20(22)26-23(27)16-31-18-14-12-17(13-15-18)25-24(28)19-8-4-6-10-21(19)29-2/h4-15H,3,16H2,1-2H3,(H,25,28)(H,26,27).